The second-order valence-electron chi connectivity index (χ2n) is 6.31. The lowest BCUT2D eigenvalue weighted by Crippen LogP contribution is -2.19. The molecule has 4 nitrogen and oxygen atoms in total. The number of aryl methyl sites for hydroxylation is 1. The van der Waals surface area contributed by atoms with Crippen LogP contribution >= 0.6 is 0 Å². The number of carbonyl (C=O) groups is 1. The van der Waals surface area contributed by atoms with Crippen molar-refractivity contribution in [3.05, 3.63) is 63.2 Å². The van der Waals surface area contributed by atoms with E-state index in [1.807, 2.05) is 37.3 Å². The van der Waals surface area contributed by atoms with Crippen LogP contribution in [-0.2, 0) is 6.42 Å². The smallest absolute Gasteiger partial charge is 0.343 e. The van der Waals surface area contributed by atoms with Crippen LogP contribution in [0.15, 0.2) is 39.5 Å². The first kappa shape index (κ1) is 16.5. The fourth-order valence-electron chi connectivity index (χ4n) is 3.52. The maximum absolute atomic E-state index is 12.6. The zero-order valence-corrected chi connectivity index (χ0v) is 13.9. The van der Waals surface area contributed by atoms with Gasteiger partial charge in [0.1, 0.15) is 11.5 Å². The summed E-state index contributed by atoms with van der Waals surface area (Å²) in [5, 5.41) is 10.8. The van der Waals surface area contributed by atoms with E-state index in [9.17, 15) is 14.7 Å². The standard InChI is InChI=1S/C20H22O4/c1-2-14(13-9-5-3-6-10-13)17-19(22)18-15(21)11-7-4-8-12-16(18)24-20(17)23/h3,5-6,9-10,14,22H,2,4,7-8,11-12H2,1H3/t14-/m1/s1. The molecule has 3 rings (SSSR count). The van der Waals surface area contributed by atoms with Gasteiger partial charge in [-0.15, -0.1) is 0 Å². The van der Waals surface area contributed by atoms with Crippen LogP contribution in [0.3, 0.4) is 0 Å². The van der Waals surface area contributed by atoms with E-state index in [0.717, 1.165) is 24.8 Å². The Labute approximate surface area is 141 Å². The molecule has 1 atom stereocenters. The van der Waals surface area contributed by atoms with Crippen LogP contribution in [0.5, 0.6) is 5.75 Å². The van der Waals surface area contributed by atoms with E-state index < -0.39 is 5.63 Å². The fourth-order valence-corrected chi connectivity index (χ4v) is 3.52. The molecule has 0 amide bonds. The molecule has 0 unspecified atom stereocenters. The highest BCUT2D eigenvalue weighted by molar-refractivity contribution is 5.99. The molecule has 0 aliphatic heterocycles. The quantitative estimate of drug-likeness (QED) is 0.918. The minimum absolute atomic E-state index is 0.130. The Kier molecular flexibility index (Phi) is 4.84. The largest absolute Gasteiger partial charge is 0.506 e. The molecule has 1 N–H and O–H groups in total. The summed E-state index contributed by atoms with van der Waals surface area (Å²) in [7, 11) is 0. The van der Waals surface area contributed by atoms with Crippen LogP contribution < -0.4 is 5.63 Å². The Balaban J connectivity index is 2.18. The summed E-state index contributed by atoms with van der Waals surface area (Å²) < 4.78 is 5.49. The summed E-state index contributed by atoms with van der Waals surface area (Å²) >= 11 is 0. The van der Waals surface area contributed by atoms with Crippen molar-refractivity contribution in [3.8, 4) is 5.75 Å². The summed E-state index contributed by atoms with van der Waals surface area (Å²) in [6.45, 7) is 1.95. The van der Waals surface area contributed by atoms with Crippen LogP contribution in [0.1, 0.15) is 72.2 Å². The molecule has 0 radical (unpaired) electrons. The zero-order chi connectivity index (χ0) is 17.1. The van der Waals surface area contributed by atoms with E-state index in [1.165, 1.54) is 0 Å². The lowest BCUT2D eigenvalue weighted by molar-refractivity contribution is 0.0968. The molecule has 0 bridgehead atoms. The van der Waals surface area contributed by atoms with Gasteiger partial charge in [0, 0.05) is 18.8 Å². The number of Topliss-reactive ketones (excluding diaryl/α,β-unsaturated/α-hetero) is 1. The summed E-state index contributed by atoms with van der Waals surface area (Å²) in [5.74, 6) is -0.251. The maximum atomic E-state index is 12.6. The van der Waals surface area contributed by atoms with Crippen LogP contribution in [0, 0.1) is 0 Å². The summed E-state index contributed by atoms with van der Waals surface area (Å²) in [6, 6.07) is 9.55. The molecule has 0 saturated heterocycles. The van der Waals surface area contributed by atoms with E-state index >= 15 is 0 Å². The Morgan fingerprint density at radius 3 is 2.50 bits per heavy atom. The maximum Gasteiger partial charge on any atom is 0.343 e. The van der Waals surface area contributed by atoms with Gasteiger partial charge in [0.25, 0.3) is 0 Å². The molecule has 1 heterocycles. The van der Waals surface area contributed by atoms with Crippen LogP contribution in [0.2, 0.25) is 0 Å². The Morgan fingerprint density at radius 1 is 1.08 bits per heavy atom. The van der Waals surface area contributed by atoms with E-state index in [1.54, 1.807) is 0 Å². The van der Waals surface area contributed by atoms with Gasteiger partial charge in [-0.05, 0) is 24.8 Å². The first-order valence-corrected chi connectivity index (χ1v) is 8.60. The molecular formula is C20H22O4. The van der Waals surface area contributed by atoms with E-state index in [4.69, 9.17) is 4.42 Å². The van der Waals surface area contributed by atoms with E-state index in [2.05, 4.69) is 0 Å². The summed E-state index contributed by atoms with van der Waals surface area (Å²) in [5.41, 5.74) is 0.825. The zero-order valence-electron chi connectivity index (χ0n) is 13.9. The third kappa shape index (κ3) is 3.01. The molecule has 24 heavy (non-hydrogen) atoms. The highest BCUT2D eigenvalue weighted by Gasteiger charge is 2.29. The highest BCUT2D eigenvalue weighted by Crippen LogP contribution is 2.36. The minimum Gasteiger partial charge on any atom is -0.506 e. The number of hydrogen-bond acceptors (Lipinski definition) is 4. The number of hydrogen-bond donors (Lipinski definition) is 1. The van der Waals surface area contributed by atoms with Gasteiger partial charge < -0.3 is 9.52 Å². The Hall–Kier alpha value is -2.36. The van der Waals surface area contributed by atoms with Crippen molar-refractivity contribution in [2.45, 2.75) is 51.4 Å². The van der Waals surface area contributed by atoms with Crippen molar-refractivity contribution < 1.29 is 14.3 Å². The molecular weight excluding hydrogens is 304 g/mol. The number of fused-ring (bicyclic) bond motifs is 1. The van der Waals surface area contributed by atoms with Gasteiger partial charge >= 0.3 is 5.63 Å². The normalized spacial score (nSPS) is 16.1. The number of carbonyl (C=O) groups excluding carboxylic acids is 1. The molecule has 0 fully saturated rings. The SMILES string of the molecule is CC[C@H](c1ccccc1)c1c(O)c2c(oc1=O)CCCCCC2=O. The molecule has 4 heteroatoms. The van der Waals surface area contributed by atoms with E-state index in [-0.39, 0.29) is 28.6 Å². The molecule has 1 aromatic heterocycles. The lowest BCUT2D eigenvalue weighted by Gasteiger charge is -2.19. The average Bonchev–Trinajstić information content (AvgIpc) is 2.57. The summed E-state index contributed by atoms with van der Waals surface area (Å²) in [4.78, 5) is 25.0. The van der Waals surface area contributed by atoms with Gasteiger partial charge in [0.15, 0.2) is 5.78 Å². The first-order valence-electron chi connectivity index (χ1n) is 8.60. The third-order valence-electron chi connectivity index (χ3n) is 4.75. The van der Waals surface area contributed by atoms with Gasteiger partial charge in [-0.3, -0.25) is 4.79 Å². The van der Waals surface area contributed by atoms with Crippen molar-refractivity contribution in [2.24, 2.45) is 0 Å². The number of ketones is 1. The predicted molar refractivity (Wildman–Crippen MR) is 91.7 cm³/mol. The highest BCUT2D eigenvalue weighted by atomic mass is 16.4. The second-order valence-corrected chi connectivity index (χ2v) is 6.31. The second kappa shape index (κ2) is 7.04. The van der Waals surface area contributed by atoms with Crippen molar-refractivity contribution in [1.82, 2.24) is 0 Å². The number of rotatable bonds is 3. The van der Waals surface area contributed by atoms with Crippen molar-refractivity contribution in [3.63, 3.8) is 0 Å². The van der Waals surface area contributed by atoms with Gasteiger partial charge in [0.2, 0.25) is 0 Å². The van der Waals surface area contributed by atoms with E-state index in [0.29, 0.717) is 25.0 Å². The molecule has 1 aromatic carbocycles. The van der Waals surface area contributed by atoms with Gasteiger partial charge in [-0.1, -0.05) is 43.7 Å². The molecule has 1 aliphatic carbocycles. The van der Waals surface area contributed by atoms with Crippen LogP contribution in [-0.4, -0.2) is 10.9 Å². The molecule has 0 saturated carbocycles. The third-order valence-corrected chi connectivity index (χ3v) is 4.75. The van der Waals surface area contributed by atoms with Gasteiger partial charge in [-0.2, -0.15) is 0 Å². The Morgan fingerprint density at radius 2 is 1.79 bits per heavy atom. The Bertz CT molecular complexity index is 789. The van der Waals surface area contributed by atoms with Crippen molar-refractivity contribution in [2.75, 3.05) is 0 Å². The topological polar surface area (TPSA) is 67.5 Å². The lowest BCUT2D eigenvalue weighted by atomic mass is 9.86. The average molecular weight is 326 g/mol. The molecule has 2 aromatic rings. The van der Waals surface area contributed by atoms with Crippen LogP contribution in [0.4, 0.5) is 0 Å². The number of aromatic hydroxyl groups is 1. The predicted octanol–water partition coefficient (Wildman–Crippen LogP) is 4.19. The monoisotopic (exact) mass is 326 g/mol. The van der Waals surface area contributed by atoms with Gasteiger partial charge in [0.05, 0.1) is 11.1 Å². The van der Waals surface area contributed by atoms with Gasteiger partial charge in [-0.25, -0.2) is 4.79 Å². The van der Waals surface area contributed by atoms with Crippen LogP contribution in [0.25, 0.3) is 0 Å². The minimum atomic E-state index is -0.532. The first-order chi connectivity index (χ1) is 11.6. The fraction of sp³-hybridized carbons (Fsp3) is 0.400. The number of benzene rings is 1. The molecule has 126 valence electrons. The molecule has 1 aliphatic rings. The van der Waals surface area contributed by atoms with Crippen molar-refractivity contribution in [1.29, 1.82) is 0 Å². The summed E-state index contributed by atoms with van der Waals surface area (Å²) in [6.07, 6.45) is 4.14. The molecule has 0 spiro atoms. The van der Waals surface area contributed by atoms with Crippen molar-refractivity contribution >= 4 is 5.78 Å².